The molecule has 0 atom stereocenters. The largest absolute Gasteiger partial charge is 0.365 e. The molecular formula is C18H15F2N5O2S. The summed E-state index contributed by atoms with van der Waals surface area (Å²) < 4.78 is 30.5. The number of aryl methyl sites for hydroxylation is 2. The van der Waals surface area contributed by atoms with Crippen LogP contribution in [-0.2, 0) is 7.05 Å². The van der Waals surface area contributed by atoms with Crippen LogP contribution in [0.5, 0.6) is 0 Å². The van der Waals surface area contributed by atoms with Crippen molar-refractivity contribution < 1.29 is 18.1 Å². The first-order valence-corrected chi connectivity index (χ1v) is 8.81. The van der Waals surface area contributed by atoms with Crippen LogP contribution in [-0.4, -0.2) is 25.8 Å². The molecule has 1 amide bonds. The Morgan fingerprint density at radius 2 is 1.89 bits per heavy atom. The van der Waals surface area contributed by atoms with E-state index in [1.54, 1.807) is 17.7 Å². The highest BCUT2D eigenvalue weighted by Crippen LogP contribution is 2.30. The first kappa shape index (κ1) is 19.4. The van der Waals surface area contributed by atoms with E-state index in [2.05, 4.69) is 15.2 Å². The lowest BCUT2D eigenvalue weighted by Gasteiger charge is -1.95. The van der Waals surface area contributed by atoms with Crippen LogP contribution in [0.4, 0.5) is 8.78 Å². The fourth-order valence-corrected chi connectivity index (χ4v) is 3.18. The van der Waals surface area contributed by atoms with Crippen LogP contribution in [0.2, 0.25) is 0 Å². The Bertz CT molecular complexity index is 1100. The lowest BCUT2D eigenvalue weighted by molar-refractivity contribution is 0.100. The molecule has 0 radical (unpaired) electrons. The number of thiophene rings is 1. The summed E-state index contributed by atoms with van der Waals surface area (Å²) >= 11 is 1.32. The molecule has 3 heterocycles. The number of rotatable bonds is 3. The summed E-state index contributed by atoms with van der Waals surface area (Å²) in [5.74, 6) is -0.581. The first-order valence-electron chi connectivity index (χ1n) is 7.99. The second-order valence-electron chi connectivity index (χ2n) is 5.64. The summed E-state index contributed by atoms with van der Waals surface area (Å²) in [6.07, 6.45) is 0. The standard InChI is InChI=1S/C12H11N5O2S.C6H4F2/c1-6-14-12(16-19-6)7-5-8(17(2)15-7)9-3-4-10(20-9)11(13)18;7-5-2-1-3-6(8)4-5/h3-5H,1-2H3,(H2,13,18);1-4H. The molecule has 2 N–H and O–H groups in total. The van der Waals surface area contributed by atoms with E-state index in [1.807, 2.05) is 19.2 Å². The van der Waals surface area contributed by atoms with Gasteiger partial charge in [0.2, 0.25) is 11.7 Å². The number of nitrogens with zero attached hydrogens (tertiary/aromatic N) is 4. The first-order chi connectivity index (χ1) is 13.3. The number of amides is 1. The average molecular weight is 403 g/mol. The number of hydrogen-bond acceptors (Lipinski definition) is 6. The highest BCUT2D eigenvalue weighted by atomic mass is 32.1. The summed E-state index contributed by atoms with van der Waals surface area (Å²) in [6, 6.07) is 9.94. The molecule has 0 saturated heterocycles. The summed E-state index contributed by atoms with van der Waals surface area (Å²) in [6.45, 7) is 1.72. The van der Waals surface area contributed by atoms with Gasteiger partial charge in [-0.2, -0.15) is 10.1 Å². The third-order valence-electron chi connectivity index (χ3n) is 3.52. The maximum absolute atomic E-state index is 11.9. The smallest absolute Gasteiger partial charge is 0.258 e. The minimum atomic E-state index is -0.537. The van der Waals surface area contributed by atoms with Gasteiger partial charge in [0.15, 0.2) is 0 Å². The van der Waals surface area contributed by atoms with Gasteiger partial charge >= 0.3 is 0 Å². The van der Waals surface area contributed by atoms with Gasteiger partial charge in [0.1, 0.15) is 17.3 Å². The zero-order valence-corrected chi connectivity index (χ0v) is 15.7. The van der Waals surface area contributed by atoms with E-state index in [1.165, 1.54) is 29.5 Å². The predicted octanol–water partition coefficient (Wildman–Crippen LogP) is 3.57. The van der Waals surface area contributed by atoms with Gasteiger partial charge in [-0.05, 0) is 30.3 Å². The zero-order valence-electron chi connectivity index (χ0n) is 14.9. The molecular weight excluding hydrogens is 388 g/mol. The number of carbonyl (C=O) groups is 1. The van der Waals surface area contributed by atoms with Crippen molar-refractivity contribution in [3.05, 3.63) is 64.9 Å². The minimum absolute atomic E-state index is 0.433. The molecule has 0 saturated carbocycles. The fourth-order valence-electron chi connectivity index (χ4n) is 2.28. The molecule has 3 aromatic heterocycles. The predicted molar refractivity (Wildman–Crippen MR) is 99.4 cm³/mol. The Balaban J connectivity index is 0.000000236. The van der Waals surface area contributed by atoms with E-state index in [9.17, 15) is 13.6 Å². The fraction of sp³-hybridized carbons (Fsp3) is 0.111. The Morgan fingerprint density at radius 1 is 1.18 bits per heavy atom. The zero-order chi connectivity index (χ0) is 20.3. The van der Waals surface area contributed by atoms with Crippen LogP contribution in [0.15, 0.2) is 47.0 Å². The van der Waals surface area contributed by atoms with Gasteiger partial charge in [-0.1, -0.05) is 11.2 Å². The molecule has 0 aliphatic carbocycles. The van der Waals surface area contributed by atoms with Crippen molar-refractivity contribution in [2.75, 3.05) is 0 Å². The number of nitrogens with two attached hydrogens (primary N) is 1. The van der Waals surface area contributed by atoms with E-state index >= 15 is 0 Å². The van der Waals surface area contributed by atoms with Crippen LogP contribution >= 0.6 is 11.3 Å². The van der Waals surface area contributed by atoms with Gasteiger partial charge in [-0.15, -0.1) is 11.3 Å². The Kier molecular flexibility index (Phi) is 5.59. The Morgan fingerprint density at radius 3 is 2.39 bits per heavy atom. The van der Waals surface area contributed by atoms with Gasteiger partial charge < -0.3 is 10.3 Å². The number of hydrogen-bond donors (Lipinski definition) is 1. The maximum Gasteiger partial charge on any atom is 0.258 e. The summed E-state index contributed by atoms with van der Waals surface area (Å²) in [5, 5.41) is 8.18. The molecule has 144 valence electrons. The van der Waals surface area contributed by atoms with Gasteiger partial charge in [0.05, 0.1) is 15.4 Å². The van der Waals surface area contributed by atoms with E-state index in [-0.39, 0.29) is 0 Å². The van der Waals surface area contributed by atoms with Gasteiger partial charge in [-0.3, -0.25) is 9.48 Å². The lowest BCUT2D eigenvalue weighted by atomic mass is 10.3. The van der Waals surface area contributed by atoms with E-state index in [4.69, 9.17) is 10.3 Å². The molecule has 4 aromatic rings. The quantitative estimate of drug-likeness (QED) is 0.564. The minimum Gasteiger partial charge on any atom is -0.365 e. The maximum atomic E-state index is 11.9. The molecule has 0 unspecified atom stereocenters. The Labute approximate surface area is 162 Å². The van der Waals surface area contributed by atoms with Gasteiger partial charge in [0.25, 0.3) is 5.91 Å². The summed E-state index contributed by atoms with van der Waals surface area (Å²) in [4.78, 5) is 16.7. The van der Waals surface area contributed by atoms with Crippen LogP contribution in [0.1, 0.15) is 15.6 Å². The summed E-state index contributed by atoms with van der Waals surface area (Å²) in [7, 11) is 1.81. The van der Waals surface area contributed by atoms with Crippen molar-refractivity contribution in [2.24, 2.45) is 12.8 Å². The number of aromatic nitrogens is 4. The SMILES string of the molecule is Cc1nc(-c2cc(-c3ccc(C(N)=O)s3)n(C)n2)no1.Fc1cccc(F)c1. The normalized spacial score (nSPS) is 10.4. The molecule has 1 aromatic carbocycles. The van der Waals surface area contributed by atoms with Gasteiger partial charge in [-0.25, -0.2) is 8.78 Å². The third-order valence-corrected chi connectivity index (χ3v) is 4.65. The van der Waals surface area contributed by atoms with Gasteiger partial charge in [0, 0.05) is 20.0 Å². The van der Waals surface area contributed by atoms with Crippen molar-refractivity contribution in [3.63, 3.8) is 0 Å². The van der Waals surface area contributed by atoms with Crippen LogP contribution in [0.3, 0.4) is 0 Å². The summed E-state index contributed by atoms with van der Waals surface area (Å²) in [5.41, 5.74) is 6.74. The molecule has 7 nitrogen and oxygen atoms in total. The molecule has 0 bridgehead atoms. The molecule has 0 aliphatic heterocycles. The van der Waals surface area contributed by atoms with Crippen molar-refractivity contribution in [1.82, 2.24) is 19.9 Å². The number of primary amides is 1. The lowest BCUT2D eigenvalue weighted by Crippen LogP contribution is -2.07. The van der Waals surface area contributed by atoms with Crippen molar-refractivity contribution >= 4 is 17.2 Å². The van der Waals surface area contributed by atoms with E-state index < -0.39 is 17.5 Å². The third kappa shape index (κ3) is 4.46. The number of halogens is 2. The molecule has 4 rings (SSSR count). The molecule has 28 heavy (non-hydrogen) atoms. The van der Waals surface area contributed by atoms with E-state index in [0.29, 0.717) is 22.3 Å². The number of carbonyl (C=O) groups excluding carboxylic acids is 1. The monoisotopic (exact) mass is 403 g/mol. The van der Waals surface area contributed by atoms with Crippen LogP contribution < -0.4 is 5.73 Å². The second-order valence-corrected chi connectivity index (χ2v) is 6.73. The molecule has 0 spiro atoms. The van der Waals surface area contributed by atoms with Crippen molar-refractivity contribution in [3.8, 4) is 22.1 Å². The molecule has 0 aliphatic rings. The van der Waals surface area contributed by atoms with E-state index in [0.717, 1.165) is 16.6 Å². The molecule has 10 heteroatoms. The average Bonchev–Trinajstić information content (AvgIpc) is 3.34. The highest BCUT2D eigenvalue weighted by Gasteiger charge is 2.15. The topological polar surface area (TPSA) is 99.8 Å². The number of benzene rings is 1. The second kappa shape index (κ2) is 8.09. The van der Waals surface area contributed by atoms with Crippen molar-refractivity contribution in [2.45, 2.75) is 6.92 Å². The highest BCUT2D eigenvalue weighted by molar-refractivity contribution is 7.17. The Hall–Kier alpha value is -3.40. The van der Waals surface area contributed by atoms with Crippen molar-refractivity contribution in [1.29, 1.82) is 0 Å². The van der Waals surface area contributed by atoms with Crippen LogP contribution in [0.25, 0.3) is 22.1 Å². The van der Waals surface area contributed by atoms with Crippen LogP contribution in [0, 0.1) is 18.6 Å². The molecule has 0 fully saturated rings.